The fraction of sp³-hybridized carbons (Fsp3) is 0.381. The molecule has 3 aromatic rings. The molecule has 28 heavy (non-hydrogen) atoms. The third-order valence-corrected chi connectivity index (χ3v) is 5.31. The lowest BCUT2D eigenvalue weighted by Crippen LogP contribution is -2.34. The van der Waals surface area contributed by atoms with Crippen LogP contribution in [0.5, 0.6) is 0 Å². The van der Waals surface area contributed by atoms with Crippen LogP contribution in [-0.2, 0) is 19.8 Å². The lowest BCUT2D eigenvalue weighted by atomic mass is 9.90. The van der Waals surface area contributed by atoms with E-state index in [1.165, 1.54) is 11.6 Å². The van der Waals surface area contributed by atoms with Crippen molar-refractivity contribution in [2.24, 2.45) is 7.05 Å². The van der Waals surface area contributed by atoms with E-state index < -0.39 is 17.6 Å². The molecule has 0 aliphatic carbocycles. The second kappa shape index (κ2) is 7.20. The van der Waals surface area contributed by atoms with Gasteiger partial charge >= 0.3 is 6.18 Å². The van der Waals surface area contributed by atoms with Crippen molar-refractivity contribution >= 4 is 10.9 Å². The zero-order valence-electron chi connectivity index (χ0n) is 15.5. The maximum Gasteiger partial charge on any atom is 0.416 e. The number of piperidine rings is 1. The van der Waals surface area contributed by atoms with Gasteiger partial charge in [0.1, 0.15) is 5.82 Å². The zero-order chi connectivity index (χ0) is 19.9. The molecule has 0 bridgehead atoms. The molecule has 0 spiro atoms. The molecule has 0 amide bonds. The molecule has 148 valence electrons. The molecule has 1 aliphatic heterocycles. The van der Waals surface area contributed by atoms with Crippen molar-refractivity contribution in [3.05, 3.63) is 65.1 Å². The van der Waals surface area contributed by atoms with Crippen molar-refractivity contribution in [2.75, 3.05) is 13.1 Å². The number of likely N-dealkylation sites (tertiary alicyclic amines) is 1. The van der Waals surface area contributed by atoms with Gasteiger partial charge in [0.15, 0.2) is 0 Å². The van der Waals surface area contributed by atoms with Crippen molar-refractivity contribution in [1.82, 2.24) is 14.7 Å². The Bertz CT molecular complexity index is 993. The van der Waals surface area contributed by atoms with Gasteiger partial charge in [-0.05, 0) is 66.8 Å². The summed E-state index contributed by atoms with van der Waals surface area (Å²) in [6.45, 7) is 1.85. The Morgan fingerprint density at radius 1 is 1.14 bits per heavy atom. The molecule has 1 saturated heterocycles. The Morgan fingerprint density at radius 2 is 1.96 bits per heavy atom. The topological polar surface area (TPSA) is 21.1 Å². The molecule has 1 fully saturated rings. The van der Waals surface area contributed by atoms with E-state index in [9.17, 15) is 17.6 Å². The maximum absolute atomic E-state index is 13.7. The average molecular weight is 391 g/mol. The van der Waals surface area contributed by atoms with Crippen molar-refractivity contribution in [2.45, 2.75) is 31.5 Å². The minimum absolute atomic E-state index is 0.300. The zero-order valence-corrected chi connectivity index (χ0v) is 15.5. The monoisotopic (exact) mass is 391 g/mol. The number of fused-ring (bicyclic) bond motifs is 1. The highest BCUT2D eigenvalue weighted by Gasteiger charge is 2.31. The van der Waals surface area contributed by atoms with E-state index in [2.05, 4.69) is 22.1 Å². The molecule has 0 radical (unpaired) electrons. The van der Waals surface area contributed by atoms with Crippen LogP contribution in [0.2, 0.25) is 0 Å². The first-order valence-corrected chi connectivity index (χ1v) is 9.30. The molecular formula is C21H21F4N3. The van der Waals surface area contributed by atoms with Gasteiger partial charge in [0.25, 0.3) is 0 Å². The Kier molecular flexibility index (Phi) is 4.87. The summed E-state index contributed by atoms with van der Waals surface area (Å²) in [5.41, 5.74) is 1.58. The van der Waals surface area contributed by atoms with Gasteiger partial charge in [-0.1, -0.05) is 6.07 Å². The van der Waals surface area contributed by atoms with Crippen LogP contribution in [0, 0.1) is 5.82 Å². The average Bonchev–Trinajstić information content (AvgIpc) is 3.00. The lowest BCUT2D eigenvalue weighted by molar-refractivity contribution is -0.137. The maximum atomic E-state index is 13.7. The number of aryl methyl sites for hydroxylation is 1. The first kappa shape index (κ1) is 18.9. The van der Waals surface area contributed by atoms with Gasteiger partial charge in [-0.25, -0.2) is 4.39 Å². The standard InChI is InChI=1S/C21H21F4N3/c1-27-12-17-9-15(4-5-20(17)26-27)16-3-2-6-28(13-16)11-14-7-18(21(23,24)25)10-19(22)8-14/h4-5,7-10,12,16H,2-3,6,11,13H2,1H3. The van der Waals surface area contributed by atoms with Crippen LogP contribution in [0.4, 0.5) is 17.6 Å². The van der Waals surface area contributed by atoms with Crippen LogP contribution >= 0.6 is 0 Å². The number of alkyl halides is 3. The van der Waals surface area contributed by atoms with E-state index in [0.717, 1.165) is 42.9 Å². The number of benzene rings is 2. The van der Waals surface area contributed by atoms with E-state index >= 15 is 0 Å². The van der Waals surface area contributed by atoms with Crippen LogP contribution in [0.1, 0.15) is 35.4 Å². The molecule has 2 aromatic carbocycles. The van der Waals surface area contributed by atoms with Gasteiger partial charge in [-0.15, -0.1) is 0 Å². The molecule has 0 N–H and O–H groups in total. The first-order chi connectivity index (χ1) is 13.3. The fourth-order valence-electron chi connectivity index (χ4n) is 4.06. The van der Waals surface area contributed by atoms with E-state index in [0.29, 0.717) is 24.1 Å². The third kappa shape index (κ3) is 4.04. The van der Waals surface area contributed by atoms with Crippen LogP contribution in [-0.4, -0.2) is 27.8 Å². The Labute approximate surface area is 160 Å². The third-order valence-electron chi connectivity index (χ3n) is 5.31. The minimum atomic E-state index is -4.54. The summed E-state index contributed by atoms with van der Waals surface area (Å²) < 4.78 is 54.3. The molecule has 1 aromatic heterocycles. The summed E-state index contributed by atoms with van der Waals surface area (Å²) in [4.78, 5) is 2.11. The van der Waals surface area contributed by atoms with Crippen LogP contribution in [0.15, 0.2) is 42.6 Å². The number of halogens is 4. The van der Waals surface area contributed by atoms with Crippen molar-refractivity contribution in [3.63, 3.8) is 0 Å². The predicted molar refractivity (Wildman–Crippen MR) is 99.4 cm³/mol. The Morgan fingerprint density at radius 3 is 2.75 bits per heavy atom. The van der Waals surface area contributed by atoms with Gasteiger partial charge in [0.05, 0.1) is 11.1 Å². The SMILES string of the molecule is Cn1cc2cc(C3CCCN(Cc4cc(F)cc(C(F)(F)F)c4)C3)ccc2n1. The molecule has 7 heteroatoms. The van der Waals surface area contributed by atoms with Gasteiger partial charge in [-0.3, -0.25) is 9.58 Å². The summed E-state index contributed by atoms with van der Waals surface area (Å²) in [6.07, 6.45) is -0.582. The molecule has 3 nitrogen and oxygen atoms in total. The molecule has 1 aliphatic rings. The summed E-state index contributed by atoms with van der Waals surface area (Å²) in [7, 11) is 1.89. The number of hydrogen-bond donors (Lipinski definition) is 0. The van der Waals surface area contributed by atoms with Crippen molar-refractivity contribution in [3.8, 4) is 0 Å². The summed E-state index contributed by atoms with van der Waals surface area (Å²) >= 11 is 0. The summed E-state index contributed by atoms with van der Waals surface area (Å²) in [5, 5.41) is 5.47. The van der Waals surface area contributed by atoms with E-state index in [4.69, 9.17) is 0 Å². The highest BCUT2D eigenvalue weighted by molar-refractivity contribution is 5.78. The smallest absolute Gasteiger partial charge is 0.298 e. The summed E-state index contributed by atoms with van der Waals surface area (Å²) in [6, 6.07) is 9.01. The number of hydrogen-bond acceptors (Lipinski definition) is 2. The highest BCUT2D eigenvalue weighted by atomic mass is 19.4. The minimum Gasteiger partial charge on any atom is -0.298 e. The number of aromatic nitrogens is 2. The molecule has 4 rings (SSSR count). The van der Waals surface area contributed by atoms with Crippen LogP contribution in [0.25, 0.3) is 10.9 Å². The van der Waals surface area contributed by atoms with Crippen LogP contribution < -0.4 is 0 Å². The quantitative estimate of drug-likeness (QED) is 0.579. The van der Waals surface area contributed by atoms with Crippen molar-refractivity contribution in [1.29, 1.82) is 0 Å². The largest absolute Gasteiger partial charge is 0.416 e. The molecule has 1 unspecified atom stereocenters. The van der Waals surface area contributed by atoms with Gasteiger partial charge in [0.2, 0.25) is 0 Å². The van der Waals surface area contributed by atoms with E-state index in [-0.39, 0.29) is 0 Å². The summed E-state index contributed by atoms with van der Waals surface area (Å²) in [5.74, 6) is -0.547. The number of rotatable bonds is 3. The second-order valence-corrected chi connectivity index (χ2v) is 7.54. The molecular weight excluding hydrogens is 370 g/mol. The molecule has 1 atom stereocenters. The van der Waals surface area contributed by atoms with E-state index in [1.807, 2.05) is 19.3 Å². The normalized spacial score (nSPS) is 18.7. The predicted octanol–water partition coefficient (Wildman–Crippen LogP) is 5.11. The highest BCUT2D eigenvalue weighted by Crippen LogP contribution is 2.32. The molecule has 2 heterocycles. The fourth-order valence-corrected chi connectivity index (χ4v) is 4.06. The Balaban J connectivity index is 1.51. The van der Waals surface area contributed by atoms with Gasteiger partial charge in [-0.2, -0.15) is 18.3 Å². The second-order valence-electron chi connectivity index (χ2n) is 7.54. The number of nitrogens with zero attached hydrogens (tertiary/aromatic N) is 3. The lowest BCUT2D eigenvalue weighted by Gasteiger charge is -2.33. The van der Waals surface area contributed by atoms with Crippen LogP contribution in [0.3, 0.4) is 0 Å². The molecule has 0 saturated carbocycles. The van der Waals surface area contributed by atoms with Crippen molar-refractivity contribution < 1.29 is 17.6 Å². The first-order valence-electron chi connectivity index (χ1n) is 9.30. The Hall–Kier alpha value is -2.41. The van der Waals surface area contributed by atoms with Gasteiger partial charge in [0, 0.05) is 31.7 Å². The van der Waals surface area contributed by atoms with Gasteiger partial charge < -0.3 is 0 Å². The van der Waals surface area contributed by atoms with E-state index in [1.54, 1.807) is 4.68 Å².